The van der Waals surface area contributed by atoms with Crippen LogP contribution in [-0.2, 0) is 4.79 Å². The molecule has 0 aliphatic carbocycles. The highest BCUT2D eigenvalue weighted by molar-refractivity contribution is 5.87. The van der Waals surface area contributed by atoms with E-state index in [1.807, 2.05) is 6.07 Å². The third-order valence-corrected chi connectivity index (χ3v) is 3.78. The molecule has 1 aliphatic heterocycles. The summed E-state index contributed by atoms with van der Waals surface area (Å²) in [6, 6.07) is 4.91. The van der Waals surface area contributed by atoms with Gasteiger partial charge >= 0.3 is 5.97 Å². The molecule has 1 aliphatic rings. The summed E-state index contributed by atoms with van der Waals surface area (Å²) >= 11 is 0. The molecule has 1 aromatic carbocycles. The van der Waals surface area contributed by atoms with Gasteiger partial charge in [-0.2, -0.15) is 0 Å². The van der Waals surface area contributed by atoms with E-state index in [-0.39, 0.29) is 5.82 Å². The van der Waals surface area contributed by atoms with Crippen LogP contribution >= 0.6 is 0 Å². The molecule has 2 rings (SSSR count). The van der Waals surface area contributed by atoms with Crippen molar-refractivity contribution in [2.24, 2.45) is 5.92 Å². The number of rotatable bonds is 3. The van der Waals surface area contributed by atoms with Crippen LogP contribution in [0.4, 0.5) is 10.1 Å². The van der Waals surface area contributed by atoms with Crippen molar-refractivity contribution in [3.63, 3.8) is 0 Å². The fourth-order valence-electron chi connectivity index (χ4n) is 2.62. The molecule has 1 fully saturated rings. The van der Waals surface area contributed by atoms with E-state index in [4.69, 9.17) is 5.11 Å². The Bertz CT molecular complexity index is 513. The van der Waals surface area contributed by atoms with E-state index in [1.54, 1.807) is 6.07 Å². The second kappa shape index (κ2) is 6.55. The maximum atomic E-state index is 14.0. The van der Waals surface area contributed by atoms with E-state index in [9.17, 15) is 9.18 Å². The summed E-state index contributed by atoms with van der Waals surface area (Å²) in [4.78, 5) is 12.8. The molecule has 108 valence electrons. The zero-order valence-electron chi connectivity index (χ0n) is 11.7. The van der Waals surface area contributed by atoms with Crippen molar-refractivity contribution in [2.75, 3.05) is 18.0 Å². The van der Waals surface area contributed by atoms with E-state index >= 15 is 0 Å². The van der Waals surface area contributed by atoms with Crippen LogP contribution in [0.1, 0.15) is 31.7 Å². The fourth-order valence-corrected chi connectivity index (χ4v) is 2.62. The molecular weight excluding hydrogens is 257 g/mol. The second-order valence-corrected chi connectivity index (χ2v) is 5.37. The monoisotopic (exact) mass is 277 g/mol. The molecule has 0 spiro atoms. The molecule has 1 aromatic rings. The molecule has 0 aromatic heterocycles. The third-order valence-electron chi connectivity index (χ3n) is 3.78. The molecule has 1 saturated heterocycles. The number of carboxylic acid groups (broad SMARTS) is 1. The minimum Gasteiger partial charge on any atom is -0.478 e. The van der Waals surface area contributed by atoms with E-state index < -0.39 is 5.97 Å². The van der Waals surface area contributed by atoms with E-state index in [2.05, 4.69) is 11.8 Å². The molecule has 0 radical (unpaired) electrons. The lowest BCUT2D eigenvalue weighted by Crippen LogP contribution is -2.25. The highest BCUT2D eigenvalue weighted by Gasteiger charge is 2.17. The summed E-state index contributed by atoms with van der Waals surface area (Å²) in [6.07, 6.45) is 5.69. The minimum atomic E-state index is -1.07. The average Bonchev–Trinajstić information content (AvgIpc) is 2.62. The molecule has 1 atom stereocenters. The number of carbonyl (C=O) groups is 1. The van der Waals surface area contributed by atoms with Gasteiger partial charge in [0.05, 0.1) is 0 Å². The Kier molecular flexibility index (Phi) is 4.77. The first-order valence-electron chi connectivity index (χ1n) is 7.02. The van der Waals surface area contributed by atoms with Gasteiger partial charge in [-0.3, -0.25) is 0 Å². The second-order valence-electron chi connectivity index (χ2n) is 5.37. The molecule has 1 heterocycles. The zero-order chi connectivity index (χ0) is 14.5. The predicted molar refractivity (Wildman–Crippen MR) is 78.3 cm³/mol. The maximum absolute atomic E-state index is 14.0. The van der Waals surface area contributed by atoms with Crippen molar-refractivity contribution >= 4 is 17.7 Å². The van der Waals surface area contributed by atoms with Crippen LogP contribution in [-0.4, -0.2) is 24.2 Å². The van der Waals surface area contributed by atoms with E-state index in [1.165, 1.54) is 18.6 Å². The summed E-state index contributed by atoms with van der Waals surface area (Å²) in [5, 5.41) is 8.72. The van der Waals surface area contributed by atoms with Gasteiger partial charge < -0.3 is 10.0 Å². The largest absolute Gasteiger partial charge is 0.478 e. The SMILES string of the molecule is CC1CCCN(c2cccc(F)c2/C=C/C(=O)O)CC1. The standard InChI is InChI=1S/C16H20FNO2/c1-12-4-3-10-18(11-9-12)15-6-2-5-14(17)13(15)7-8-16(19)20/h2,5-8,12H,3-4,9-11H2,1H3,(H,19,20)/b8-7+. The van der Waals surface area contributed by atoms with Crippen LogP contribution < -0.4 is 4.90 Å². The van der Waals surface area contributed by atoms with Crippen molar-refractivity contribution < 1.29 is 14.3 Å². The highest BCUT2D eigenvalue weighted by Crippen LogP contribution is 2.28. The van der Waals surface area contributed by atoms with Gasteiger partial charge in [0.1, 0.15) is 5.82 Å². The van der Waals surface area contributed by atoms with Crippen molar-refractivity contribution in [1.29, 1.82) is 0 Å². The zero-order valence-corrected chi connectivity index (χ0v) is 11.7. The van der Waals surface area contributed by atoms with Gasteiger partial charge in [0.15, 0.2) is 0 Å². The Labute approximate surface area is 118 Å². The first kappa shape index (κ1) is 14.6. The summed E-state index contributed by atoms with van der Waals surface area (Å²) in [5.41, 5.74) is 1.15. The number of hydrogen-bond acceptors (Lipinski definition) is 2. The predicted octanol–water partition coefficient (Wildman–Crippen LogP) is 3.55. The van der Waals surface area contributed by atoms with E-state index in [0.717, 1.165) is 37.7 Å². The lowest BCUT2D eigenvalue weighted by Gasteiger charge is -2.25. The quantitative estimate of drug-likeness (QED) is 0.859. The van der Waals surface area contributed by atoms with Crippen molar-refractivity contribution in [1.82, 2.24) is 0 Å². The Balaban J connectivity index is 2.30. The molecule has 4 heteroatoms. The number of nitrogens with zero attached hydrogens (tertiary/aromatic N) is 1. The van der Waals surface area contributed by atoms with Gasteiger partial charge in [-0.15, -0.1) is 0 Å². The summed E-state index contributed by atoms with van der Waals surface area (Å²) in [6.45, 7) is 4.01. The molecule has 0 saturated carbocycles. The Morgan fingerprint density at radius 2 is 2.20 bits per heavy atom. The number of carboxylic acids is 1. The topological polar surface area (TPSA) is 40.5 Å². The number of halogens is 1. The van der Waals surface area contributed by atoms with E-state index in [0.29, 0.717) is 11.5 Å². The first-order chi connectivity index (χ1) is 9.58. The molecule has 0 amide bonds. The van der Waals surface area contributed by atoms with Gasteiger partial charge in [-0.1, -0.05) is 13.0 Å². The van der Waals surface area contributed by atoms with Crippen LogP contribution in [0.5, 0.6) is 0 Å². The summed E-state index contributed by atoms with van der Waals surface area (Å²) in [7, 11) is 0. The molecular formula is C16H20FNO2. The van der Waals surface area contributed by atoms with Crippen molar-refractivity contribution in [2.45, 2.75) is 26.2 Å². The van der Waals surface area contributed by atoms with Crippen LogP contribution in [0, 0.1) is 11.7 Å². The van der Waals surface area contributed by atoms with Crippen LogP contribution in [0.2, 0.25) is 0 Å². The van der Waals surface area contributed by atoms with Gasteiger partial charge in [0.25, 0.3) is 0 Å². The highest BCUT2D eigenvalue weighted by atomic mass is 19.1. The lowest BCUT2D eigenvalue weighted by atomic mass is 10.0. The molecule has 20 heavy (non-hydrogen) atoms. The minimum absolute atomic E-state index is 0.365. The van der Waals surface area contributed by atoms with Gasteiger partial charge in [-0.05, 0) is 43.4 Å². The van der Waals surface area contributed by atoms with Crippen LogP contribution in [0.3, 0.4) is 0 Å². The summed E-state index contributed by atoms with van der Waals surface area (Å²) in [5.74, 6) is -0.757. The van der Waals surface area contributed by atoms with Crippen molar-refractivity contribution in [3.8, 4) is 0 Å². The molecule has 3 nitrogen and oxygen atoms in total. The normalized spacial score (nSPS) is 20.1. The Hall–Kier alpha value is -1.84. The number of aliphatic carboxylic acids is 1. The molecule has 1 N–H and O–H groups in total. The smallest absolute Gasteiger partial charge is 0.328 e. The van der Waals surface area contributed by atoms with Crippen molar-refractivity contribution in [3.05, 3.63) is 35.7 Å². The number of hydrogen-bond donors (Lipinski definition) is 1. The molecule has 1 unspecified atom stereocenters. The Morgan fingerprint density at radius 3 is 2.95 bits per heavy atom. The number of anilines is 1. The molecule has 0 bridgehead atoms. The third kappa shape index (κ3) is 3.59. The van der Waals surface area contributed by atoms with Gasteiger partial charge in [0, 0.05) is 30.4 Å². The van der Waals surface area contributed by atoms with Gasteiger partial charge in [-0.25, -0.2) is 9.18 Å². The number of benzene rings is 1. The average molecular weight is 277 g/mol. The fraction of sp³-hybridized carbons (Fsp3) is 0.438. The Morgan fingerprint density at radius 1 is 1.40 bits per heavy atom. The lowest BCUT2D eigenvalue weighted by molar-refractivity contribution is -0.131. The van der Waals surface area contributed by atoms with Gasteiger partial charge in [0.2, 0.25) is 0 Å². The summed E-state index contributed by atoms with van der Waals surface area (Å²) < 4.78 is 14.0. The maximum Gasteiger partial charge on any atom is 0.328 e. The van der Waals surface area contributed by atoms with Crippen LogP contribution in [0.15, 0.2) is 24.3 Å². The van der Waals surface area contributed by atoms with Crippen LogP contribution in [0.25, 0.3) is 6.08 Å². The first-order valence-corrected chi connectivity index (χ1v) is 7.02.